The predicted molar refractivity (Wildman–Crippen MR) is 73.1 cm³/mol. The van der Waals surface area contributed by atoms with Crippen molar-refractivity contribution in [3.05, 3.63) is 29.6 Å². The molecule has 0 aromatic heterocycles. The Bertz CT molecular complexity index is 580. The molecule has 112 valence electrons. The van der Waals surface area contributed by atoms with Gasteiger partial charge in [-0.15, -0.1) is 0 Å². The Balaban J connectivity index is 2.21. The third-order valence-electron chi connectivity index (χ3n) is 3.85. The number of ether oxygens (including phenoxy) is 1. The Morgan fingerprint density at radius 3 is 2.65 bits per heavy atom. The van der Waals surface area contributed by atoms with Crippen LogP contribution >= 0.6 is 0 Å². The van der Waals surface area contributed by atoms with Crippen LogP contribution in [0.25, 0.3) is 0 Å². The van der Waals surface area contributed by atoms with Gasteiger partial charge in [0.05, 0.1) is 10.5 Å². The maximum Gasteiger partial charge on any atom is 0.241 e. The summed E-state index contributed by atoms with van der Waals surface area (Å²) in [5, 5.41) is 0. The molecule has 0 bridgehead atoms. The molecule has 0 aliphatic heterocycles. The molecule has 0 unspecified atom stereocenters. The molecule has 1 fully saturated rings. The highest BCUT2D eigenvalue weighted by Gasteiger charge is 2.38. The highest BCUT2D eigenvalue weighted by molar-refractivity contribution is 7.89. The molecule has 1 saturated carbocycles. The minimum atomic E-state index is -3.80. The Kier molecular flexibility index (Phi) is 4.43. The van der Waals surface area contributed by atoms with Gasteiger partial charge in [0.1, 0.15) is 5.82 Å². The third-order valence-corrected chi connectivity index (χ3v) is 5.34. The third kappa shape index (κ3) is 2.85. The average molecular weight is 302 g/mol. The molecule has 5 nitrogen and oxygen atoms in total. The molecule has 2 rings (SSSR count). The lowest BCUT2D eigenvalue weighted by Crippen LogP contribution is -2.49. The Labute approximate surface area is 118 Å². The summed E-state index contributed by atoms with van der Waals surface area (Å²) in [4.78, 5) is -0.106. The fourth-order valence-corrected chi connectivity index (χ4v) is 3.69. The molecule has 0 atom stereocenters. The normalized spacial score (nSPS) is 17.8. The van der Waals surface area contributed by atoms with E-state index in [1.165, 1.54) is 18.2 Å². The highest BCUT2D eigenvalue weighted by atomic mass is 32.2. The van der Waals surface area contributed by atoms with E-state index in [2.05, 4.69) is 4.72 Å². The van der Waals surface area contributed by atoms with Gasteiger partial charge >= 0.3 is 0 Å². The summed E-state index contributed by atoms with van der Waals surface area (Å²) >= 11 is 0. The fourth-order valence-electron chi connectivity index (χ4n) is 2.32. The molecule has 7 heteroatoms. The van der Waals surface area contributed by atoms with Crippen LogP contribution in [0.2, 0.25) is 0 Å². The first kappa shape index (κ1) is 15.4. The molecule has 1 aliphatic carbocycles. The van der Waals surface area contributed by atoms with Gasteiger partial charge in [-0.05, 0) is 31.4 Å². The number of nitrogens with two attached hydrogens (primary N) is 1. The van der Waals surface area contributed by atoms with E-state index in [9.17, 15) is 12.8 Å². The second kappa shape index (κ2) is 5.77. The zero-order valence-electron chi connectivity index (χ0n) is 11.4. The van der Waals surface area contributed by atoms with E-state index in [0.717, 1.165) is 19.3 Å². The second-order valence-electron chi connectivity index (χ2n) is 4.99. The zero-order chi connectivity index (χ0) is 14.8. The van der Waals surface area contributed by atoms with E-state index < -0.39 is 21.4 Å². The number of nitrogens with one attached hydrogen (secondary N) is 1. The van der Waals surface area contributed by atoms with Crippen LogP contribution < -0.4 is 10.5 Å². The lowest BCUT2D eigenvalue weighted by Gasteiger charge is -2.40. The van der Waals surface area contributed by atoms with Gasteiger partial charge < -0.3 is 10.5 Å². The molecule has 0 saturated heterocycles. The van der Waals surface area contributed by atoms with Crippen LogP contribution in [0.5, 0.6) is 0 Å². The standard InChI is InChI=1S/C13H19FN2O3S/c1-19-13(6-3-7-13)9-16-20(17,18)12-5-2-4-11(14)10(12)8-15/h2,4-5,16H,3,6-9,15H2,1H3. The summed E-state index contributed by atoms with van der Waals surface area (Å²) in [5.41, 5.74) is 5.01. The molecule has 0 amide bonds. The largest absolute Gasteiger partial charge is 0.377 e. The van der Waals surface area contributed by atoms with Crippen molar-refractivity contribution < 1.29 is 17.5 Å². The minimum Gasteiger partial charge on any atom is -0.377 e. The van der Waals surface area contributed by atoms with Gasteiger partial charge in [0.25, 0.3) is 0 Å². The number of halogens is 1. The summed E-state index contributed by atoms with van der Waals surface area (Å²) in [6, 6.07) is 3.91. The lowest BCUT2D eigenvalue weighted by molar-refractivity contribution is -0.0659. The van der Waals surface area contributed by atoms with Gasteiger partial charge in [0, 0.05) is 25.8 Å². The van der Waals surface area contributed by atoms with Crippen molar-refractivity contribution >= 4 is 10.0 Å². The molecular weight excluding hydrogens is 283 g/mol. The Morgan fingerprint density at radius 2 is 2.15 bits per heavy atom. The zero-order valence-corrected chi connectivity index (χ0v) is 12.2. The molecule has 1 aromatic carbocycles. The van der Waals surface area contributed by atoms with E-state index >= 15 is 0 Å². The summed E-state index contributed by atoms with van der Waals surface area (Å²) < 4.78 is 46.0. The van der Waals surface area contributed by atoms with Crippen molar-refractivity contribution in [1.82, 2.24) is 4.72 Å². The van der Waals surface area contributed by atoms with Crippen LogP contribution in [-0.4, -0.2) is 27.7 Å². The predicted octanol–water partition coefficient (Wildman–Crippen LogP) is 1.13. The number of methoxy groups -OCH3 is 1. The van der Waals surface area contributed by atoms with Crippen molar-refractivity contribution in [3.8, 4) is 0 Å². The molecule has 1 aromatic rings. The van der Waals surface area contributed by atoms with Crippen LogP contribution in [0.1, 0.15) is 24.8 Å². The molecule has 1 aliphatic rings. The van der Waals surface area contributed by atoms with Gasteiger partial charge in [0.2, 0.25) is 10.0 Å². The summed E-state index contributed by atoms with van der Waals surface area (Å²) in [7, 11) is -2.22. The molecule has 0 spiro atoms. The van der Waals surface area contributed by atoms with E-state index in [1.807, 2.05) is 0 Å². The molecule has 0 heterocycles. The Morgan fingerprint density at radius 1 is 1.45 bits per heavy atom. The topological polar surface area (TPSA) is 81.4 Å². The van der Waals surface area contributed by atoms with E-state index in [0.29, 0.717) is 0 Å². The summed E-state index contributed by atoms with van der Waals surface area (Å²) in [5.74, 6) is -0.611. The molecular formula is C13H19FN2O3S. The summed E-state index contributed by atoms with van der Waals surface area (Å²) in [6.07, 6.45) is 2.65. The van der Waals surface area contributed by atoms with Crippen molar-refractivity contribution in [2.75, 3.05) is 13.7 Å². The van der Waals surface area contributed by atoms with Crippen LogP contribution in [0.15, 0.2) is 23.1 Å². The monoisotopic (exact) mass is 302 g/mol. The van der Waals surface area contributed by atoms with Gasteiger partial charge in [-0.3, -0.25) is 0 Å². The summed E-state index contributed by atoms with van der Waals surface area (Å²) in [6.45, 7) is 0.0185. The van der Waals surface area contributed by atoms with Crippen molar-refractivity contribution in [2.24, 2.45) is 5.73 Å². The maximum atomic E-state index is 13.6. The smallest absolute Gasteiger partial charge is 0.241 e. The van der Waals surface area contributed by atoms with Gasteiger partial charge in [-0.25, -0.2) is 17.5 Å². The quantitative estimate of drug-likeness (QED) is 0.825. The first-order valence-electron chi connectivity index (χ1n) is 6.46. The van der Waals surface area contributed by atoms with E-state index in [1.54, 1.807) is 7.11 Å². The minimum absolute atomic E-state index is 0.0000706. The van der Waals surface area contributed by atoms with Crippen molar-refractivity contribution in [2.45, 2.75) is 36.3 Å². The van der Waals surface area contributed by atoms with Crippen LogP contribution in [0, 0.1) is 5.82 Å². The van der Waals surface area contributed by atoms with E-state index in [-0.39, 0.29) is 23.5 Å². The molecule has 0 radical (unpaired) electrons. The molecule has 3 N–H and O–H groups in total. The second-order valence-corrected chi connectivity index (χ2v) is 6.72. The van der Waals surface area contributed by atoms with Crippen molar-refractivity contribution in [1.29, 1.82) is 0 Å². The SMILES string of the molecule is COC1(CNS(=O)(=O)c2cccc(F)c2CN)CCC1. The average Bonchev–Trinajstić information content (AvgIpc) is 2.37. The first-order valence-corrected chi connectivity index (χ1v) is 7.95. The fraction of sp³-hybridized carbons (Fsp3) is 0.538. The first-order chi connectivity index (χ1) is 9.44. The van der Waals surface area contributed by atoms with Crippen LogP contribution in [0.4, 0.5) is 4.39 Å². The van der Waals surface area contributed by atoms with Crippen LogP contribution in [0.3, 0.4) is 0 Å². The van der Waals surface area contributed by atoms with Crippen LogP contribution in [-0.2, 0) is 21.3 Å². The maximum absolute atomic E-state index is 13.6. The Hall–Kier alpha value is -1.02. The van der Waals surface area contributed by atoms with Gasteiger partial charge in [-0.2, -0.15) is 0 Å². The van der Waals surface area contributed by atoms with Gasteiger partial charge in [0.15, 0.2) is 0 Å². The number of rotatable bonds is 6. The number of sulfonamides is 1. The number of benzene rings is 1. The van der Waals surface area contributed by atoms with Gasteiger partial charge in [-0.1, -0.05) is 6.07 Å². The lowest BCUT2D eigenvalue weighted by atomic mass is 9.80. The van der Waals surface area contributed by atoms with Crippen molar-refractivity contribution in [3.63, 3.8) is 0 Å². The number of hydrogen-bond acceptors (Lipinski definition) is 4. The molecule has 20 heavy (non-hydrogen) atoms. The van der Waals surface area contributed by atoms with E-state index in [4.69, 9.17) is 10.5 Å². The highest BCUT2D eigenvalue weighted by Crippen LogP contribution is 2.34. The number of hydrogen-bond donors (Lipinski definition) is 2.